The molecule has 6 heteroatoms. The van der Waals surface area contributed by atoms with Gasteiger partial charge in [-0.1, -0.05) is 0 Å². The third-order valence-electron chi connectivity index (χ3n) is 6.72. The van der Waals surface area contributed by atoms with Crippen molar-refractivity contribution in [2.75, 3.05) is 19.7 Å². The van der Waals surface area contributed by atoms with Gasteiger partial charge in [0.1, 0.15) is 11.8 Å². The highest BCUT2D eigenvalue weighted by Crippen LogP contribution is 2.36. The Morgan fingerprint density at radius 1 is 1.00 bits per heavy atom. The fraction of sp³-hybridized carbons (Fsp3) is 0.636. The van der Waals surface area contributed by atoms with E-state index in [-0.39, 0.29) is 24.0 Å². The van der Waals surface area contributed by atoms with E-state index < -0.39 is 6.04 Å². The Morgan fingerprint density at radius 3 is 2.43 bits per heavy atom. The molecule has 4 aliphatic rings. The van der Waals surface area contributed by atoms with Crippen LogP contribution in [-0.4, -0.2) is 65.6 Å². The fourth-order valence-corrected chi connectivity index (χ4v) is 4.91. The summed E-state index contributed by atoms with van der Waals surface area (Å²) in [4.78, 5) is 30.2. The van der Waals surface area contributed by atoms with E-state index in [1.54, 1.807) is 0 Å². The van der Waals surface area contributed by atoms with Gasteiger partial charge in [0.25, 0.3) is 5.91 Å². The molecule has 0 aromatic heterocycles. The summed E-state index contributed by atoms with van der Waals surface area (Å²) in [5.41, 5.74) is 0.618. The second kappa shape index (κ2) is 7.39. The van der Waals surface area contributed by atoms with Gasteiger partial charge in [-0.25, -0.2) is 0 Å². The molecule has 3 heterocycles. The number of ether oxygens (including phenoxy) is 2. The lowest BCUT2D eigenvalue weighted by Gasteiger charge is -2.31. The Labute approximate surface area is 165 Å². The molecule has 2 amide bonds. The Bertz CT molecular complexity index is 739. The van der Waals surface area contributed by atoms with E-state index in [1.807, 2.05) is 34.1 Å². The van der Waals surface area contributed by atoms with Crippen LogP contribution in [0.5, 0.6) is 5.75 Å². The number of carbonyl (C=O) groups is 2. The lowest BCUT2D eigenvalue weighted by molar-refractivity contribution is -0.134. The predicted molar refractivity (Wildman–Crippen MR) is 103 cm³/mol. The van der Waals surface area contributed by atoms with Crippen molar-refractivity contribution >= 4 is 11.8 Å². The van der Waals surface area contributed by atoms with Gasteiger partial charge in [-0.15, -0.1) is 0 Å². The Morgan fingerprint density at radius 2 is 1.75 bits per heavy atom. The predicted octanol–water partition coefficient (Wildman–Crippen LogP) is 2.61. The molecule has 3 saturated heterocycles. The van der Waals surface area contributed by atoms with E-state index in [1.165, 1.54) is 6.42 Å². The maximum Gasteiger partial charge on any atom is 0.254 e. The van der Waals surface area contributed by atoms with Crippen LogP contribution >= 0.6 is 0 Å². The first-order valence-electron chi connectivity index (χ1n) is 10.7. The van der Waals surface area contributed by atoms with Crippen LogP contribution in [0.2, 0.25) is 0 Å². The summed E-state index contributed by atoms with van der Waals surface area (Å²) >= 11 is 0. The normalized spacial score (nSPS) is 29.6. The highest BCUT2D eigenvalue weighted by atomic mass is 16.5. The van der Waals surface area contributed by atoms with Gasteiger partial charge < -0.3 is 19.3 Å². The molecule has 150 valence electrons. The van der Waals surface area contributed by atoms with Crippen molar-refractivity contribution in [2.45, 2.75) is 69.2 Å². The van der Waals surface area contributed by atoms with Crippen LogP contribution in [0, 0.1) is 0 Å². The molecule has 0 radical (unpaired) electrons. The third-order valence-corrected chi connectivity index (χ3v) is 6.72. The molecule has 0 unspecified atom stereocenters. The molecule has 28 heavy (non-hydrogen) atoms. The van der Waals surface area contributed by atoms with Gasteiger partial charge in [0.15, 0.2) is 0 Å². The van der Waals surface area contributed by atoms with E-state index >= 15 is 0 Å². The zero-order valence-corrected chi connectivity index (χ0v) is 16.2. The number of carbonyl (C=O) groups excluding carboxylic acids is 2. The standard InChI is InChI=1S/C22H28N2O4/c25-21(15-6-8-17(9-7-15)28-16-4-3-5-16)24-18-10-13-27-20(18)14-19(24)22(26)23-11-1-2-12-23/h6-9,16,18-20H,1-5,10-14H2/t18-,19-,20-/m0/s1. The lowest BCUT2D eigenvalue weighted by atomic mass is 9.96. The smallest absolute Gasteiger partial charge is 0.254 e. The third kappa shape index (κ3) is 3.17. The van der Waals surface area contributed by atoms with E-state index in [9.17, 15) is 9.59 Å². The van der Waals surface area contributed by atoms with Crippen molar-refractivity contribution in [3.63, 3.8) is 0 Å². The molecule has 0 bridgehead atoms. The van der Waals surface area contributed by atoms with Crippen molar-refractivity contribution in [2.24, 2.45) is 0 Å². The number of nitrogens with zero attached hydrogens (tertiary/aromatic N) is 2. The van der Waals surface area contributed by atoms with Crippen LogP contribution in [0.15, 0.2) is 24.3 Å². The number of rotatable bonds is 4. The van der Waals surface area contributed by atoms with Gasteiger partial charge in [0.05, 0.1) is 18.2 Å². The number of amides is 2. The average Bonchev–Trinajstić information content (AvgIpc) is 3.41. The van der Waals surface area contributed by atoms with Gasteiger partial charge in [0, 0.05) is 31.7 Å². The van der Waals surface area contributed by atoms with Gasteiger partial charge in [-0.2, -0.15) is 0 Å². The second-order valence-corrected chi connectivity index (χ2v) is 8.46. The summed E-state index contributed by atoms with van der Waals surface area (Å²) in [6.07, 6.45) is 7.29. The zero-order valence-electron chi connectivity index (χ0n) is 16.2. The molecule has 3 aliphatic heterocycles. The summed E-state index contributed by atoms with van der Waals surface area (Å²) in [5, 5.41) is 0. The molecule has 1 aliphatic carbocycles. The second-order valence-electron chi connectivity index (χ2n) is 8.46. The Balaban J connectivity index is 1.34. The molecule has 6 nitrogen and oxygen atoms in total. The van der Waals surface area contributed by atoms with E-state index in [0.717, 1.165) is 50.9 Å². The van der Waals surface area contributed by atoms with Crippen LogP contribution in [0.25, 0.3) is 0 Å². The van der Waals surface area contributed by atoms with Crippen molar-refractivity contribution in [1.82, 2.24) is 9.80 Å². The van der Waals surface area contributed by atoms with Gasteiger partial charge in [-0.05, 0) is 62.8 Å². The molecule has 4 fully saturated rings. The molecule has 3 atom stereocenters. The summed E-state index contributed by atoms with van der Waals surface area (Å²) < 4.78 is 11.7. The van der Waals surface area contributed by atoms with Crippen LogP contribution in [-0.2, 0) is 9.53 Å². The molecular formula is C22H28N2O4. The molecule has 0 N–H and O–H groups in total. The molecule has 0 spiro atoms. The van der Waals surface area contributed by atoms with Gasteiger partial charge >= 0.3 is 0 Å². The summed E-state index contributed by atoms with van der Waals surface area (Å²) in [5.74, 6) is 0.842. The van der Waals surface area contributed by atoms with E-state index in [4.69, 9.17) is 9.47 Å². The molecule has 1 saturated carbocycles. The maximum absolute atomic E-state index is 13.4. The summed E-state index contributed by atoms with van der Waals surface area (Å²) in [6, 6.07) is 7.03. The number of fused-ring (bicyclic) bond motifs is 1. The van der Waals surface area contributed by atoms with Crippen LogP contribution in [0.3, 0.4) is 0 Å². The Hall–Kier alpha value is -2.08. The first-order valence-corrected chi connectivity index (χ1v) is 10.7. The average molecular weight is 384 g/mol. The summed E-state index contributed by atoms with van der Waals surface area (Å²) in [6.45, 7) is 2.28. The molecular weight excluding hydrogens is 356 g/mol. The number of hydrogen-bond donors (Lipinski definition) is 0. The molecule has 5 rings (SSSR count). The molecule has 1 aromatic carbocycles. The van der Waals surface area contributed by atoms with E-state index in [2.05, 4.69) is 0 Å². The van der Waals surface area contributed by atoms with Crippen molar-refractivity contribution < 1.29 is 19.1 Å². The van der Waals surface area contributed by atoms with Crippen molar-refractivity contribution in [3.8, 4) is 5.75 Å². The van der Waals surface area contributed by atoms with Crippen LogP contribution in [0.1, 0.15) is 55.3 Å². The highest BCUT2D eigenvalue weighted by molar-refractivity contribution is 5.98. The van der Waals surface area contributed by atoms with E-state index in [0.29, 0.717) is 24.7 Å². The minimum absolute atomic E-state index is 0.00922. The van der Waals surface area contributed by atoms with Gasteiger partial charge in [0.2, 0.25) is 5.91 Å². The number of benzene rings is 1. The maximum atomic E-state index is 13.4. The van der Waals surface area contributed by atoms with Gasteiger partial charge in [-0.3, -0.25) is 9.59 Å². The first kappa shape index (κ1) is 18.0. The van der Waals surface area contributed by atoms with Crippen molar-refractivity contribution in [1.29, 1.82) is 0 Å². The Kier molecular flexibility index (Phi) is 4.75. The SMILES string of the molecule is O=C([C@@H]1C[C@@H]2OCC[C@@H]2N1C(=O)c1ccc(OC2CCC2)cc1)N1CCCC1. The number of likely N-dealkylation sites (tertiary alicyclic amines) is 2. The zero-order chi connectivity index (χ0) is 19.1. The largest absolute Gasteiger partial charge is 0.490 e. The van der Waals surface area contributed by atoms with Crippen LogP contribution < -0.4 is 4.74 Å². The monoisotopic (exact) mass is 384 g/mol. The highest BCUT2D eigenvalue weighted by Gasteiger charge is 2.50. The van der Waals surface area contributed by atoms with Crippen LogP contribution in [0.4, 0.5) is 0 Å². The first-order chi connectivity index (χ1) is 13.7. The molecule has 1 aromatic rings. The minimum Gasteiger partial charge on any atom is -0.490 e. The number of hydrogen-bond acceptors (Lipinski definition) is 4. The minimum atomic E-state index is -0.396. The quantitative estimate of drug-likeness (QED) is 0.801. The topological polar surface area (TPSA) is 59.1 Å². The summed E-state index contributed by atoms with van der Waals surface area (Å²) in [7, 11) is 0. The lowest BCUT2D eigenvalue weighted by Crippen LogP contribution is -2.49. The van der Waals surface area contributed by atoms with Crippen molar-refractivity contribution in [3.05, 3.63) is 29.8 Å². The fourth-order valence-electron chi connectivity index (χ4n) is 4.91.